The Labute approximate surface area is 234 Å². The van der Waals surface area contributed by atoms with Crippen LogP contribution in [0.5, 0.6) is 0 Å². The van der Waals surface area contributed by atoms with Crippen molar-refractivity contribution in [1.29, 1.82) is 0 Å². The summed E-state index contributed by atoms with van der Waals surface area (Å²) in [4.78, 5) is 15.2. The maximum atomic E-state index is 13.0. The molecule has 0 aliphatic heterocycles. The van der Waals surface area contributed by atoms with Crippen LogP contribution in [0, 0.1) is 0 Å². The Kier molecular flexibility index (Phi) is 9.78. The summed E-state index contributed by atoms with van der Waals surface area (Å²) in [6.07, 6.45) is -3.72. The van der Waals surface area contributed by atoms with Crippen LogP contribution in [0.25, 0.3) is 0 Å². The summed E-state index contributed by atoms with van der Waals surface area (Å²) in [5, 5.41) is 0. The summed E-state index contributed by atoms with van der Waals surface area (Å²) in [5.41, 5.74) is 4.29. The number of carbonyl (C=O) groups excluding carboxylic acids is 1. The Morgan fingerprint density at radius 2 is 1.38 bits per heavy atom. The first-order chi connectivity index (χ1) is 19.2. The maximum absolute atomic E-state index is 13.0. The molecule has 6 heteroatoms. The van der Waals surface area contributed by atoms with Crippen LogP contribution >= 0.6 is 0 Å². The van der Waals surface area contributed by atoms with E-state index >= 15 is 0 Å². The molecule has 2 atom stereocenters. The molecule has 208 valence electrons. The number of rotatable bonds is 11. The molecule has 0 saturated carbocycles. The van der Waals surface area contributed by atoms with Crippen LogP contribution in [0.3, 0.4) is 0 Å². The topological polar surface area (TPSA) is 29.5 Å². The van der Waals surface area contributed by atoms with Crippen molar-refractivity contribution in [3.05, 3.63) is 143 Å². The minimum atomic E-state index is -4.36. The summed E-state index contributed by atoms with van der Waals surface area (Å²) in [7, 11) is 0. The average Bonchev–Trinajstić information content (AvgIpc) is 2.96. The maximum Gasteiger partial charge on any atom is 0.416 e. The highest BCUT2D eigenvalue weighted by molar-refractivity contribution is 5.70. The first kappa shape index (κ1) is 29.1. The minimum absolute atomic E-state index is 0.0144. The van der Waals surface area contributed by atoms with Crippen molar-refractivity contribution in [2.24, 2.45) is 0 Å². The molecule has 3 nitrogen and oxygen atoms in total. The lowest BCUT2D eigenvalue weighted by atomic mass is 9.94. The van der Waals surface area contributed by atoms with Crippen molar-refractivity contribution < 1.29 is 22.7 Å². The first-order valence-corrected chi connectivity index (χ1v) is 13.5. The SMILES string of the molecule is CCOC(=O)C[C@@H](c1cccc(Cc2ccc(C(F)(F)F)cc2)c1)N(Cc1ccccc1)[C@H](C)c1ccccc1. The van der Waals surface area contributed by atoms with Gasteiger partial charge in [0.15, 0.2) is 0 Å². The van der Waals surface area contributed by atoms with E-state index in [1.54, 1.807) is 6.92 Å². The third kappa shape index (κ3) is 7.82. The van der Waals surface area contributed by atoms with Crippen LogP contribution < -0.4 is 0 Å². The number of benzene rings is 4. The molecule has 4 aromatic carbocycles. The Hall–Kier alpha value is -3.90. The van der Waals surface area contributed by atoms with E-state index in [-0.39, 0.29) is 24.5 Å². The zero-order chi connectivity index (χ0) is 28.5. The molecule has 0 fully saturated rings. The van der Waals surface area contributed by atoms with Crippen LogP contribution in [0.15, 0.2) is 109 Å². The Morgan fingerprint density at radius 3 is 2.00 bits per heavy atom. The van der Waals surface area contributed by atoms with Gasteiger partial charge in [0.25, 0.3) is 0 Å². The van der Waals surface area contributed by atoms with Gasteiger partial charge in [0.2, 0.25) is 0 Å². The van der Waals surface area contributed by atoms with E-state index in [0.717, 1.165) is 39.9 Å². The van der Waals surface area contributed by atoms with Crippen molar-refractivity contribution in [2.45, 2.75) is 51.5 Å². The van der Waals surface area contributed by atoms with E-state index in [1.165, 1.54) is 12.1 Å². The van der Waals surface area contributed by atoms with Crippen molar-refractivity contribution in [2.75, 3.05) is 6.61 Å². The second kappa shape index (κ2) is 13.4. The van der Waals surface area contributed by atoms with E-state index < -0.39 is 11.7 Å². The van der Waals surface area contributed by atoms with Crippen molar-refractivity contribution in [3.8, 4) is 0 Å². The number of ether oxygens (including phenoxy) is 1. The molecule has 0 bridgehead atoms. The molecule has 0 N–H and O–H groups in total. The van der Waals surface area contributed by atoms with E-state index in [4.69, 9.17) is 4.74 Å². The van der Waals surface area contributed by atoms with Crippen LogP contribution in [-0.2, 0) is 28.7 Å². The number of halogens is 3. The number of alkyl halides is 3. The second-order valence-electron chi connectivity index (χ2n) is 9.89. The van der Waals surface area contributed by atoms with Gasteiger partial charge in [-0.3, -0.25) is 9.69 Å². The second-order valence-corrected chi connectivity index (χ2v) is 9.89. The lowest BCUT2D eigenvalue weighted by molar-refractivity contribution is -0.145. The van der Waals surface area contributed by atoms with E-state index in [1.807, 2.05) is 54.6 Å². The zero-order valence-corrected chi connectivity index (χ0v) is 22.8. The molecule has 0 aliphatic rings. The van der Waals surface area contributed by atoms with Crippen LogP contribution in [0.1, 0.15) is 65.7 Å². The highest BCUT2D eigenvalue weighted by atomic mass is 19.4. The molecule has 4 aromatic rings. The van der Waals surface area contributed by atoms with Gasteiger partial charge in [0, 0.05) is 18.6 Å². The predicted octanol–water partition coefficient (Wildman–Crippen LogP) is 8.55. The molecule has 0 unspecified atom stereocenters. The predicted molar refractivity (Wildman–Crippen MR) is 152 cm³/mol. The van der Waals surface area contributed by atoms with Gasteiger partial charge < -0.3 is 4.74 Å². The van der Waals surface area contributed by atoms with Gasteiger partial charge in [-0.2, -0.15) is 13.2 Å². The largest absolute Gasteiger partial charge is 0.466 e. The number of carbonyl (C=O) groups is 1. The highest BCUT2D eigenvalue weighted by Gasteiger charge is 2.30. The Morgan fingerprint density at radius 1 is 0.775 bits per heavy atom. The quantitative estimate of drug-likeness (QED) is 0.177. The summed E-state index contributed by atoms with van der Waals surface area (Å²) in [6, 6.07) is 33.3. The lowest BCUT2D eigenvalue weighted by Gasteiger charge is -2.37. The average molecular weight is 546 g/mol. The van der Waals surface area contributed by atoms with Gasteiger partial charge in [0.05, 0.1) is 18.6 Å². The van der Waals surface area contributed by atoms with Gasteiger partial charge in [0.1, 0.15) is 0 Å². The fraction of sp³-hybridized carbons (Fsp3) is 0.265. The van der Waals surface area contributed by atoms with Gasteiger partial charge >= 0.3 is 12.1 Å². The standard InChI is InChI=1S/C34H34F3NO2/c1-3-40-33(39)23-32(38(24-27-11-6-4-7-12-27)25(2)29-14-8-5-9-15-29)30-16-10-13-28(22-30)21-26-17-19-31(20-18-26)34(35,36)37/h4-20,22,25,32H,3,21,23-24H2,1-2H3/t25-,32+/m1/s1. The number of hydrogen-bond donors (Lipinski definition) is 0. The van der Waals surface area contributed by atoms with Gasteiger partial charge in [-0.25, -0.2) is 0 Å². The third-order valence-electron chi connectivity index (χ3n) is 7.08. The van der Waals surface area contributed by atoms with E-state index in [2.05, 4.69) is 42.2 Å². The minimum Gasteiger partial charge on any atom is -0.466 e. The molecule has 0 saturated heterocycles. The zero-order valence-electron chi connectivity index (χ0n) is 22.8. The Bertz CT molecular complexity index is 1360. The molecular weight excluding hydrogens is 511 g/mol. The van der Waals surface area contributed by atoms with E-state index in [0.29, 0.717) is 19.6 Å². The molecular formula is C34H34F3NO2. The molecule has 0 amide bonds. The van der Waals surface area contributed by atoms with Crippen molar-refractivity contribution in [1.82, 2.24) is 4.90 Å². The first-order valence-electron chi connectivity index (χ1n) is 13.5. The molecule has 0 aliphatic carbocycles. The molecule has 0 heterocycles. The number of nitrogens with zero attached hydrogens (tertiary/aromatic N) is 1. The highest BCUT2D eigenvalue weighted by Crippen LogP contribution is 2.36. The molecule has 4 rings (SSSR count). The fourth-order valence-corrected chi connectivity index (χ4v) is 5.00. The monoisotopic (exact) mass is 545 g/mol. The molecule has 0 aromatic heterocycles. The smallest absolute Gasteiger partial charge is 0.416 e. The normalized spacial score (nSPS) is 13.2. The third-order valence-corrected chi connectivity index (χ3v) is 7.08. The molecule has 40 heavy (non-hydrogen) atoms. The van der Waals surface area contributed by atoms with Crippen LogP contribution in [0.4, 0.5) is 13.2 Å². The summed E-state index contributed by atoms with van der Waals surface area (Å²) in [6.45, 7) is 4.85. The van der Waals surface area contributed by atoms with Crippen LogP contribution in [0.2, 0.25) is 0 Å². The summed E-state index contributed by atoms with van der Waals surface area (Å²) < 4.78 is 44.5. The van der Waals surface area contributed by atoms with E-state index in [9.17, 15) is 18.0 Å². The number of hydrogen-bond acceptors (Lipinski definition) is 3. The van der Waals surface area contributed by atoms with Gasteiger partial charge in [-0.15, -0.1) is 0 Å². The Balaban J connectivity index is 1.70. The van der Waals surface area contributed by atoms with Crippen molar-refractivity contribution in [3.63, 3.8) is 0 Å². The van der Waals surface area contributed by atoms with Crippen LogP contribution in [-0.4, -0.2) is 17.5 Å². The lowest BCUT2D eigenvalue weighted by Crippen LogP contribution is -2.33. The van der Waals surface area contributed by atoms with Gasteiger partial charge in [-0.1, -0.05) is 97.1 Å². The fourth-order valence-electron chi connectivity index (χ4n) is 5.00. The summed E-state index contributed by atoms with van der Waals surface area (Å²) >= 11 is 0. The number of esters is 1. The van der Waals surface area contributed by atoms with Gasteiger partial charge in [-0.05, 0) is 60.2 Å². The molecule has 0 radical (unpaired) electrons. The van der Waals surface area contributed by atoms with Crippen molar-refractivity contribution >= 4 is 5.97 Å². The molecule has 0 spiro atoms. The summed E-state index contributed by atoms with van der Waals surface area (Å²) in [5.74, 6) is -0.279.